The summed E-state index contributed by atoms with van der Waals surface area (Å²) >= 11 is 1.54. The molecule has 2 rings (SSSR count). The Balaban J connectivity index is 1.96. The summed E-state index contributed by atoms with van der Waals surface area (Å²) in [6.45, 7) is 3.94. The molecule has 0 bridgehead atoms. The van der Waals surface area contributed by atoms with E-state index in [2.05, 4.69) is 5.32 Å². The van der Waals surface area contributed by atoms with E-state index in [4.69, 9.17) is 5.73 Å². The minimum atomic E-state index is -0.167. The van der Waals surface area contributed by atoms with E-state index < -0.39 is 0 Å². The maximum Gasteiger partial charge on any atom is 0.237 e. The van der Waals surface area contributed by atoms with Crippen LogP contribution in [0.3, 0.4) is 0 Å². The van der Waals surface area contributed by atoms with Gasteiger partial charge in [0.05, 0.1) is 5.25 Å². The van der Waals surface area contributed by atoms with E-state index in [0.717, 1.165) is 10.6 Å². The van der Waals surface area contributed by atoms with Crippen molar-refractivity contribution >= 4 is 29.0 Å². The van der Waals surface area contributed by atoms with Crippen molar-refractivity contribution in [1.29, 1.82) is 0 Å². The number of hydrogen-bond acceptors (Lipinski definition) is 3. The predicted molar refractivity (Wildman–Crippen MR) is 86.0 cm³/mol. The monoisotopic (exact) mass is 286 g/mol. The summed E-state index contributed by atoms with van der Waals surface area (Å²) in [5.74, 6) is -0.0267. The molecule has 0 fully saturated rings. The van der Waals surface area contributed by atoms with Crippen molar-refractivity contribution in [2.45, 2.75) is 24.0 Å². The first kappa shape index (κ1) is 14.5. The number of carbonyl (C=O) groups is 1. The summed E-state index contributed by atoms with van der Waals surface area (Å²) < 4.78 is 0. The van der Waals surface area contributed by atoms with Gasteiger partial charge in [-0.2, -0.15) is 0 Å². The van der Waals surface area contributed by atoms with Gasteiger partial charge in [0.1, 0.15) is 0 Å². The first-order valence-electron chi connectivity index (χ1n) is 6.44. The molecule has 0 aromatic heterocycles. The summed E-state index contributed by atoms with van der Waals surface area (Å²) in [7, 11) is 0. The fourth-order valence-corrected chi connectivity index (χ4v) is 2.60. The molecule has 1 amide bonds. The highest BCUT2D eigenvalue weighted by Gasteiger charge is 2.14. The number of aryl methyl sites for hydroxylation is 1. The van der Waals surface area contributed by atoms with Gasteiger partial charge < -0.3 is 11.1 Å². The molecule has 0 saturated carbocycles. The summed E-state index contributed by atoms with van der Waals surface area (Å²) in [4.78, 5) is 13.2. The Bertz CT molecular complexity index is 596. The lowest BCUT2D eigenvalue weighted by molar-refractivity contribution is -0.115. The van der Waals surface area contributed by atoms with Crippen molar-refractivity contribution in [2.75, 3.05) is 11.1 Å². The molecule has 4 heteroatoms. The van der Waals surface area contributed by atoms with Crippen LogP contribution in [-0.4, -0.2) is 11.2 Å². The van der Waals surface area contributed by atoms with Gasteiger partial charge in [-0.25, -0.2) is 0 Å². The molecule has 1 unspecified atom stereocenters. The number of thioether (sulfide) groups is 1. The number of rotatable bonds is 4. The van der Waals surface area contributed by atoms with E-state index in [0.29, 0.717) is 5.69 Å². The van der Waals surface area contributed by atoms with Crippen LogP contribution in [0.5, 0.6) is 0 Å². The Labute approximate surface area is 123 Å². The third-order valence-corrected chi connectivity index (χ3v) is 3.97. The van der Waals surface area contributed by atoms with Crippen LogP contribution in [0, 0.1) is 6.92 Å². The molecule has 2 aromatic rings. The minimum Gasteiger partial charge on any atom is -0.399 e. The fraction of sp³-hybridized carbons (Fsp3) is 0.188. The average molecular weight is 286 g/mol. The van der Waals surface area contributed by atoms with E-state index >= 15 is 0 Å². The van der Waals surface area contributed by atoms with E-state index in [1.807, 2.05) is 50.2 Å². The predicted octanol–water partition coefficient (Wildman–Crippen LogP) is 3.70. The van der Waals surface area contributed by atoms with Crippen LogP contribution >= 0.6 is 11.8 Å². The SMILES string of the molecule is Cc1ccc(SC(C)C(=O)Nc2cccc(N)c2)cc1. The first-order chi connectivity index (χ1) is 9.54. The molecule has 0 aliphatic carbocycles. The Morgan fingerprint density at radius 1 is 1.20 bits per heavy atom. The van der Waals surface area contributed by atoms with Crippen LogP contribution in [0.25, 0.3) is 0 Å². The lowest BCUT2D eigenvalue weighted by atomic mass is 10.2. The smallest absolute Gasteiger partial charge is 0.237 e. The molecule has 3 N–H and O–H groups in total. The second kappa shape index (κ2) is 6.48. The standard InChI is InChI=1S/C16H18N2OS/c1-11-6-8-15(9-7-11)20-12(2)16(19)18-14-5-3-4-13(17)10-14/h3-10,12H,17H2,1-2H3,(H,18,19). The van der Waals surface area contributed by atoms with Crippen molar-refractivity contribution in [3.05, 3.63) is 54.1 Å². The lowest BCUT2D eigenvalue weighted by Gasteiger charge is -2.12. The highest BCUT2D eigenvalue weighted by Crippen LogP contribution is 2.24. The summed E-state index contributed by atoms with van der Waals surface area (Å²) in [6, 6.07) is 15.4. The van der Waals surface area contributed by atoms with Gasteiger partial charge in [-0.05, 0) is 44.2 Å². The van der Waals surface area contributed by atoms with Gasteiger partial charge >= 0.3 is 0 Å². The van der Waals surface area contributed by atoms with Crippen molar-refractivity contribution in [2.24, 2.45) is 0 Å². The summed E-state index contributed by atoms with van der Waals surface area (Å²) in [5, 5.41) is 2.71. The fourth-order valence-electron chi connectivity index (χ4n) is 1.73. The Morgan fingerprint density at radius 2 is 1.90 bits per heavy atom. The number of anilines is 2. The van der Waals surface area contributed by atoms with Crippen LogP contribution in [0.2, 0.25) is 0 Å². The molecule has 2 aromatic carbocycles. The normalized spacial score (nSPS) is 11.9. The molecule has 0 saturated heterocycles. The largest absolute Gasteiger partial charge is 0.399 e. The van der Waals surface area contributed by atoms with Crippen molar-refractivity contribution < 1.29 is 4.79 Å². The topological polar surface area (TPSA) is 55.1 Å². The van der Waals surface area contributed by atoms with Gasteiger partial charge in [0.2, 0.25) is 5.91 Å². The van der Waals surface area contributed by atoms with Crippen LogP contribution in [0.4, 0.5) is 11.4 Å². The van der Waals surface area contributed by atoms with E-state index in [-0.39, 0.29) is 11.2 Å². The molecule has 20 heavy (non-hydrogen) atoms. The van der Waals surface area contributed by atoms with Crippen molar-refractivity contribution in [1.82, 2.24) is 0 Å². The summed E-state index contributed by atoms with van der Waals surface area (Å²) in [5.41, 5.74) is 8.27. The molecule has 0 spiro atoms. The Hall–Kier alpha value is -1.94. The number of nitrogens with one attached hydrogen (secondary N) is 1. The van der Waals surface area contributed by atoms with Gasteiger partial charge in [0.15, 0.2) is 0 Å². The van der Waals surface area contributed by atoms with Gasteiger partial charge in [0.25, 0.3) is 0 Å². The number of nitrogens with two attached hydrogens (primary N) is 1. The third-order valence-electron chi connectivity index (χ3n) is 2.86. The Morgan fingerprint density at radius 3 is 2.55 bits per heavy atom. The molecule has 1 atom stereocenters. The Kier molecular flexibility index (Phi) is 4.69. The molecule has 0 radical (unpaired) electrons. The van der Waals surface area contributed by atoms with E-state index in [1.54, 1.807) is 23.9 Å². The molecule has 0 heterocycles. The highest BCUT2D eigenvalue weighted by atomic mass is 32.2. The maximum absolute atomic E-state index is 12.1. The average Bonchev–Trinajstić information content (AvgIpc) is 2.41. The molecule has 3 nitrogen and oxygen atoms in total. The molecular weight excluding hydrogens is 268 g/mol. The third kappa shape index (κ3) is 4.03. The van der Waals surface area contributed by atoms with Crippen LogP contribution in [0.1, 0.15) is 12.5 Å². The lowest BCUT2D eigenvalue weighted by Crippen LogP contribution is -2.22. The number of hydrogen-bond donors (Lipinski definition) is 2. The van der Waals surface area contributed by atoms with Crippen LogP contribution in [-0.2, 0) is 4.79 Å². The van der Waals surface area contributed by atoms with E-state index in [1.165, 1.54) is 5.56 Å². The van der Waals surface area contributed by atoms with Crippen LogP contribution < -0.4 is 11.1 Å². The zero-order valence-electron chi connectivity index (χ0n) is 11.6. The summed E-state index contributed by atoms with van der Waals surface area (Å²) in [6.07, 6.45) is 0. The number of amides is 1. The molecular formula is C16H18N2OS. The molecule has 0 aliphatic rings. The first-order valence-corrected chi connectivity index (χ1v) is 7.32. The zero-order chi connectivity index (χ0) is 14.5. The van der Waals surface area contributed by atoms with Gasteiger partial charge in [-0.3, -0.25) is 4.79 Å². The minimum absolute atomic E-state index is 0.0267. The quantitative estimate of drug-likeness (QED) is 0.665. The van der Waals surface area contributed by atoms with E-state index in [9.17, 15) is 4.79 Å². The molecule has 0 aliphatic heterocycles. The van der Waals surface area contributed by atoms with Gasteiger partial charge in [-0.15, -0.1) is 11.8 Å². The van der Waals surface area contributed by atoms with Crippen molar-refractivity contribution in [3.63, 3.8) is 0 Å². The highest BCUT2D eigenvalue weighted by molar-refractivity contribution is 8.00. The number of nitrogen functional groups attached to an aromatic ring is 1. The maximum atomic E-state index is 12.1. The van der Waals surface area contributed by atoms with Gasteiger partial charge in [0, 0.05) is 16.3 Å². The number of benzene rings is 2. The second-order valence-corrected chi connectivity index (χ2v) is 6.10. The zero-order valence-corrected chi connectivity index (χ0v) is 12.4. The number of carbonyl (C=O) groups excluding carboxylic acids is 1. The second-order valence-electron chi connectivity index (χ2n) is 4.69. The molecule has 104 valence electrons. The van der Waals surface area contributed by atoms with Crippen molar-refractivity contribution in [3.8, 4) is 0 Å². The van der Waals surface area contributed by atoms with Crippen LogP contribution in [0.15, 0.2) is 53.4 Å². The van der Waals surface area contributed by atoms with Gasteiger partial charge in [-0.1, -0.05) is 23.8 Å².